The first-order valence-corrected chi connectivity index (χ1v) is 7.33. The normalized spacial score (nSPS) is 14.8. The molecule has 0 unspecified atom stereocenters. The van der Waals surface area contributed by atoms with E-state index in [1.807, 2.05) is 24.3 Å². The zero-order chi connectivity index (χ0) is 13.8. The number of guanidine groups is 1. The minimum Gasteiger partial charge on any atom is -0.357 e. The molecule has 6 heteroatoms. The molecule has 21 heavy (non-hydrogen) atoms. The zero-order valence-electron chi connectivity index (χ0n) is 12.2. The van der Waals surface area contributed by atoms with Crippen LogP contribution in [0.1, 0.15) is 25.6 Å². The lowest BCUT2D eigenvalue weighted by atomic mass is 10.3. The molecule has 1 saturated carbocycles. The summed E-state index contributed by atoms with van der Waals surface area (Å²) in [7, 11) is 0. The van der Waals surface area contributed by atoms with E-state index in [0.29, 0.717) is 6.04 Å². The Kier molecular flexibility index (Phi) is 5.84. The van der Waals surface area contributed by atoms with Crippen molar-refractivity contribution in [3.63, 3.8) is 0 Å². The Morgan fingerprint density at radius 1 is 1.38 bits per heavy atom. The highest BCUT2D eigenvalue weighted by atomic mass is 127. The van der Waals surface area contributed by atoms with Gasteiger partial charge in [-0.2, -0.15) is 0 Å². The number of aromatic amines is 1. The molecule has 0 spiro atoms. The minimum absolute atomic E-state index is 0. The summed E-state index contributed by atoms with van der Waals surface area (Å²) >= 11 is 0. The van der Waals surface area contributed by atoms with Crippen LogP contribution < -0.4 is 10.6 Å². The lowest BCUT2D eigenvalue weighted by Gasteiger charge is -2.09. The van der Waals surface area contributed by atoms with E-state index >= 15 is 0 Å². The van der Waals surface area contributed by atoms with Crippen molar-refractivity contribution in [1.29, 1.82) is 0 Å². The smallest absolute Gasteiger partial charge is 0.191 e. The number of fused-ring (bicyclic) bond motifs is 1. The van der Waals surface area contributed by atoms with Crippen molar-refractivity contribution in [3.05, 3.63) is 30.1 Å². The molecule has 114 valence electrons. The lowest BCUT2D eigenvalue weighted by molar-refractivity contribution is 0.802. The van der Waals surface area contributed by atoms with Gasteiger partial charge in [0.05, 0.1) is 11.0 Å². The predicted octanol–water partition coefficient (Wildman–Crippen LogP) is 2.44. The Bertz CT molecular complexity index is 570. The summed E-state index contributed by atoms with van der Waals surface area (Å²) in [6.07, 6.45) is 3.35. The SMILES string of the molecule is CCNC(=NCCc1nc2ccccc2[nH]1)NC1CC1.I. The summed E-state index contributed by atoms with van der Waals surface area (Å²) in [5.74, 6) is 1.92. The van der Waals surface area contributed by atoms with Gasteiger partial charge in [0.15, 0.2) is 5.96 Å². The maximum absolute atomic E-state index is 4.59. The van der Waals surface area contributed by atoms with Crippen LogP contribution in [0.2, 0.25) is 0 Å². The third kappa shape index (κ3) is 4.59. The van der Waals surface area contributed by atoms with Gasteiger partial charge in [-0.3, -0.25) is 4.99 Å². The molecule has 0 bridgehead atoms. The Labute approximate surface area is 142 Å². The van der Waals surface area contributed by atoms with Gasteiger partial charge < -0.3 is 15.6 Å². The molecule has 3 rings (SSSR count). The highest BCUT2D eigenvalue weighted by Crippen LogP contribution is 2.18. The van der Waals surface area contributed by atoms with E-state index in [9.17, 15) is 0 Å². The molecular weight excluding hydrogens is 377 g/mol. The molecule has 2 aromatic rings. The van der Waals surface area contributed by atoms with E-state index in [4.69, 9.17) is 0 Å². The summed E-state index contributed by atoms with van der Waals surface area (Å²) < 4.78 is 0. The summed E-state index contributed by atoms with van der Waals surface area (Å²) in [5, 5.41) is 6.69. The summed E-state index contributed by atoms with van der Waals surface area (Å²) in [5.41, 5.74) is 2.11. The van der Waals surface area contributed by atoms with Crippen molar-refractivity contribution in [2.45, 2.75) is 32.2 Å². The number of hydrogen-bond donors (Lipinski definition) is 3. The quantitative estimate of drug-likeness (QED) is 0.411. The Balaban J connectivity index is 0.00000161. The molecule has 1 heterocycles. The van der Waals surface area contributed by atoms with Crippen molar-refractivity contribution in [2.24, 2.45) is 4.99 Å². The van der Waals surface area contributed by atoms with Crippen molar-refractivity contribution in [3.8, 4) is 0 Å². The van der Waals surface area contributed by atoms with Crippen LogP contribution in [-0.4, -0.2) is 35.1 Å². The van der Waals surface area contributed by atoms with Gasteiger partial charge in [-0.1, -0.05) is 12.1 Å². The van der Waals surface area contributed by atoms with E-state index < -0.39 is 0 Å². The molecule has 0 aliphatic heterocycles. The maximum Gasteiger partial charge on any atom is 0.191 e. The van der Waals surface area contributed by atoms with Crippen LogP contribution in [0.15, 0.2) is 29.3 Å². The molecule has 0 saturated heterocycles. The molecule has 0 amide bonds. The summed E-state index contributed by atoms with van der Waals surface area (Å²) in [6, 6.07) is 8.73. The fourth-order valence-electron chi connectivity index (χ4n) is 2.14. The van der Waals surface area contributed by atoms with Crippen LogP contribution >= 0.6 is 24.0 Å². The van der Waals surface area contributed by atoms with Crippen LogP contribution in [0.4, 0.5) is 0 Å². The van der Waals surface area contributed by atoms with Crippen molar-refractivity contribution in [2.75, 3.05) is 13.1 Å². The van der Waals surface area contributed by atoms with Gasteiger partial charge >= 0.3 is 0 Å². The Morgan fingerprint density at radius 2 is 2.19 bits per heavy atom. The molecule has 0 radical (unpaired) electrons. The number of nitrogens with one attached hydrogen (secondary N) is 3. The average molecular weight is 399 g/mol. The monoisotopic (exact) mass is 399 g/mol. The third-order valence-corrected chi connectivity index (χ3v) is 3.32. The second-order valence-electron chi connectivity index (χ2n) is 5.13. The number of H-pyrrole nitrogens is 1. The highest BCUT2D eigenvalue weighted by Gasteiger charge is 2.21. The molecule has 1 aliphatic carbocycles. The van der Waals surface area contributed by atoms with E-state index in [2.05, 4.69) is 32.5 Å². The second kappa shape index (κ2) is 7.63. The zero-order valence-corrected chi connectivity index (χ0v) is 14.6. The van der Waals surface area contributed by atoms with Gasteiger partial charge in [0.2, 0.25) is 0 Å². The highest BCUT2D eigenvalue weighted by molar-refractivity contribution is 14.0. The van der Waals surface area contributed by atoms with Gasteiger partial charge in [0.25, 0.3) is 0 Å². The maximum atomic E-state index is 4.59. The van der Waals surface area contributed by atoms with Gasteiger partial charge in [-0.05, 0) is 31.9 Å². The van der Waals surface area contributed by atoms with E-state index in [0.717, 1.165) is 42.3 Å². The fraction of sp³-hybridized carbons (Fsp3) is 0.467. The minimum atomic E-state index is 0. The Morgan fingerprint density at radius 3 is 2.90 bits per heavy atom. The van der Waals surface area contributed by atoms with Crippen molar-refractivity contribution >= 4 is 41.0 Å². The number of halogens is 1. The molecule has 3 N–H and O–H groups in total. The van der Waals surface area contributed by atoms with Crippen LogP contribution in [0, 0.1) is 0 Å². The number of aromatic nitrogens is 2. The van der Waals surface area contributed by atoms with Gasteiger partial charge in [0, 0.05) is 25.6 Å². The number of aliphatic imine (C=N–C) groups is 1. The molecule has 1 aromatic carbocycles. The summed E-state index contributed by atoms with van der Waals surface area (Å²) in [4.78, 5) is 12.5. The first kappa shape index (κ1) is 16.1. The van der Waals surface area contributed by atoms with Crippen molar-refractivity contribution in [1.82, 2.24) is 20.6 Å². The average Bonchev–Trinajstić information content (AvgIpc) is 3.16. The van der Waals surface area contributed by atoms with Crippen LogP contribution in [0.25, 0.3) is 11.0 Å². The number of benzene rings is 1. The third-order valence-electron chi connectivity index (χ3n) is 3.32. The number of rotatable bonds is 5. The number of imidazole rings is 1. The van der Waals surface area contributed by atoms with E-state index in [1.165, 1.54) is 12.8 Å². The van der Waals surface area contributed by atoms with Crippen LogP contribution in [0.5, 0.6) is 0 Å². The summed E-state index contributed by atoms with van der Waals surface area (Å²) in [6.45, 7) is 3.72. The standard InChI is InChI=1S/C15H21N5.HI/c1-2-16-15(18-11-7-8-11)17-10-9-14-19-12-5-3-4-6-13(12)20-14;/h3-6,11H,2,7-10H2,1H3,(H,19,20)(H2,16,17,18);1H. The molecule has 1 fully saturated rings. The van der Waals surface area contributed by atoms with Gasteiger partial charge in [-0.15, -0.1) is 24.0 Å². The molecular formula is C15H22IN5. The number of para-hydroxylation sites is 2. The molecule has 5 nitrogen and oxygen atoms in total. The van der Waals surface area contributed by atoms with Crippen LogP contribution in [0.3, 0.4) is 0 Å². The number of nitrogens with zero attached hydrogens (tertiary/aromatic N) is 2. The van der Waals surface area contributed by atoms with Gasteiger partial charge in [-0.25, -0.2) is 4.98 Å². The van der Waals surface area contributed by atoms with Crippen molar-refractivity contribution < 1.29 is 0 Å². The molecule has 1 aromatic heterocycles. The van der Waals surface area contributed by atoms with Crippen LogP contribution in [-0.2, 0) is 6.42 Å². The largest absolute Gasteiger partial charge is 0.357 e. The molecule has 1 aliphatic rings. The van der Waals surface area contributed by atoms with E-state index in [1.54, 1.807) is 0 Å². The second-order valence-corrected chi connectivity index (χ2v) is 5.13. The lowest BCUT2D eigenvalue weighted by Crippen LogP contribution is -2.38. The molecule has 0 atom stereocenters. The Hall–Kier alpha value is -1.31. The fourth-order valence-corrected chi connectivity index (χ4v) is 2.14. The first-order valence-electron chi connectivity index (χ1n) is 7.33. The van der Waals surface area contributed by atoms with Gasteiger partial charge in [0.1, 0.15) is 5.82 Å². The number of hydrogen-bond acceptors (Lipinski definition) is 2. The first-order chi connectivity index (χ1) is 9.85. The topological polar surface area (TPSA) is 65.1 Å². The predicted molar refractivity (Wildman–Crippen MR) is 97.3 cm³/mol. The van der Waals surface area contributed by atoms with E-state index in [-0.39, 0.29) is 24.0 Å².